The number of hydrogen-bond acceptors (Lipinski definition) is 5. The summed E-state index contributed by atoms with van der Waals surface area (Å²) in [5, 5.41) is 0.840. The SMILES string of the molecule is C=C(/C=C(\N=CC)SCc1ccc(OC)cc1)N=CNN. The second-order valence-corrected chi connectivity index (χ2v) is 4.92. The van der Waals surface area contributed by atoms with Gasteiger partial charge in [-0.15, -0.1) is 11.8 Å². The summed E-state index contributed by atoms with van der Waals surface area (Å²) in [5.41, 5.74) is 4.10. The van der Waals surface area contributed by atoms with Crippen LogP contribution in [0.1, 0.15) is 12.5 Å². The quantitative estimate of drug-likeness (QED) is 0.255. The number of rotatable bonds is 8. The van der Waals surface area contributed by atoms with Crippen LogP contribution in [0.4, 0.5) is 0 Å². The van der Waals surface area contributed by atoms with Gasteiger partial charge in [-0.3, -0.25) is 4.99 Å². The lowest BCUT2D eigenvalue weighted by Gasteiger charge is -2.04. The first kappa shape index (κ1) is 17.0. The van der Waals surface area contributed by atoms with Crippen LogP contribution in [0, 0.1) is 0 Å². The fraction of sp³-hybridized carbons (Fsp3) is 0.200. The van der Waals surface area contributed by atoms with Gasteiger partial charge in [0, 0.05) is 12.0 Å². The highest BCUT2D eigenvalue weighted by Gasteiger charge is 2.00. The van der Waals surface area contributed by atoms with Crippen molar-refractivity contribution in [3.05, 3.63) is 53.2 Å². The summed E-state index contributed by atoms with van der Waals surface area (Å²) in [6.07, 6.45) is 4.92. The largest absolute Gasteiger partial charge is 0.497 e. The van der Waals surface area contributed by atoms with Gasteiger partial charge in [0.15, 0.2) is 0 Å². The third kappa shape index (κ3) is 6.78. The number of methoxy groups -OCH3 is 1. The number of thioether (sulfide) groups is 1. The Balaban J connectivity index is 2.67. The van der Waals surface area contributed by atoms with Crippen LogP contribution < -0.4 is 16.0 Å². The lowest BCUT2D eigenvalue weighted by atomic mass is 10.2. The van der Waals surface area contributed by atoms with Crippen molar-refractivity contribution in [1.29, 1.82) is 0 Å². The maximum absolute atomic E-state index is 5.14. The van der Waals surface area contributed by atoms with Gasteiger partial charge in [-0.2, -0.15) is 0 Å². The molecular formula is C15H20N4OS. The fourth-order valence-electron chi connectivity index (χ4n) is 1.42. The van der Waals surface area contributed by atoms with E-state index in [0.717, 1.165) is 16.5 Å². The Hall–Kier alpha value is -2.05. The van der Waals surface area contributed by atoms with E-state index in [-0.39, 0.29) is 0 Å². The molecule has 0 spiro atoms. The first-order valence-corrected chi connectivity index (χ1v) is 7.31. The van der Waals surface area contributed by atoms with E-state index in [1.54, 1.807) is 25.1 Å². The van der Waals surface area contributed by atoms with Crippen molar-refractivity contribution in [1.82, 2.24) is 5.43 Å². The number of nitrogens with zero attached hydrogens (tertiary/aromatic N) is 2. The van der Waals surface area contributed by atoms with Crippen molar-refractivity contribution < 1.29 is 4.74 Å². The second-order valence-electron chi connectivity index (χ2n) is 3.92. The number of aliphatic imine (C=N–C) groups is 2. The van der Waals surface area contributed by atoms with Crippen LogP contribution in [-0.2, 0) is 5.75 Å². The van der Waals surface area contributed by atoms with Crippen LogP contribution in [0.3, 0.4) is 0 Å². The van der Waals surface area contributed by atoms with Gasteiger partial charge in [0.2, 0.25) is 0 Å². The second kappa shape index (κ2) is 9.79. The molecule has 1 rings (SSSR count). The lowest BCUT2D eigenvalue weighted by molar-refractivity contribution is 0.414. The van der Waals surface area contributed by atoms with Crippen molar-refractivity contribution in [2.45, 2.75) is 12.7 Å². The van der Waals surface area contributed by atoms with Gasteiger partial charge in [0.1, 0.15) is 12.1 Å². The van der Waals surface area contributed by atoms with Crippen LogP contribution in [0.15, 0.2) is 57.6 Å². The van der Waals surface area contributed by atoms with E-state index in [9.17, 15) is 0 Å². The summed E-state index contributed by atoms with van der Waals surface area (Å²) in [6.45, 7) is 5.69. The van der Waals surface area contributed by atoms with E-state index >= 15 is 0 Å². The third-order valence-corrected chi connectivity index (χ3v) is 3.39. The lowest BCUT2D eigenvalue weighted by Crippen LogP contribution is -2.18. The van der Waals surface area contributed by atoms with Gasteiger partial charge >= 0.3 is 0 Å². The van der Waals surface area contributed by atoms with Crippen molar-refractivity contribution in [3.63, 3.8) is 0 Å². The van der Waals surface area contributed by atoms with Crippen LogP contribution in [0.25, 0.3) is 0 Å². The molecule has 0 aliphatic carbocycles. The van der Waals surface area contributed by atoms with Crippen LogP contribution in [0.2, 0.25) is 0 Å². The number of nitrogens with one attached hydrogen (secondary N) is 1. The zero-order chi connectivity index (χ0) is 15.5. The van der Waals surface area contributed by atoms with E-state index in [1.807, 2.05) is 37.3 Å². The minimum Gasteiger partial charge on any atom is -0.497 e. The van der Waals surface area contributed by atoms with Gasteiger partial charge < -0.3 is 10.2 Å². The Morgan fingerprint density at radius 1 is 1.38 bits per heavy atom. The predicted molar refractivity (Wildman–Crippen MR) is 91.5 cm³/mol. The van der Waals surface area contributed by atoms with Gasteiger partial charge in [-0.05, 0) is 30.7 Å². The highest BCUT2D eigenvalue weighted by atomic mass is 32.2. The van der Waals surface area contributed by atoms with Crippen LogP contribution >= 0.6 is 11.8 Å². The Labute approximate surface area is 129 Å². The molecule has 1 aromatic rings. The van der Waals surface area contributed by atoms with E-state index in [1.165, 1.54) is 11.9 Å². The molecule has 1 aromatic carbocycles. The molecule has 0 aromatic heterocycles. The molecule has 112 valence electrons. The molecule has 0 atom stereocenters. The Kier molecular flexibility index (Phi) is 7.93. The number of ether oxygens (including phenoxy) is 1. The Morgan fingerprint density at radius 2 is 2.10 bits per heavy atom. The highest BCUT2D eigenvalue weighted by Crippen LogP contribution is 2.24. The molecule has 0 aliphatic rings. The highest BCUT2D eigenvalue weighted by molar-refractivity contribution is 8.02. The monoisotopic (exact) mass is 304 g/mol. The van der Waals surface area contributed by atoms with Crippen molar-refractivity contribution >= 4 is 24.3 Å². The normalized spacial score (nSPS) is 12.0. The third-order valence-electron chi connectivity index (χ3n) is 2.40. The van der Waals surface area contributed by atoms with E-state index in [2.05, 4.69) is 22.0 Å². The molecule has 0 fully saturated rings. The molecule has 0 amide bonds. The summed E-state index contributed by atoms with van der Waals surface area (Å²) in [7, 11) is 1.66. The minimum absolute atomic E-state index is 0.579. The number of benzene rings is 1. The zero-order valence-corrected chi connectivity index (χ0v) is 13.1. The number of allylic oxidation sites excluding steroid dienone is 1. The summed E-state index contributed by atoms with van der Waals surface area (Å²) < 4.78 is 5.14. The van der Waals surface area contributed by atoms with E-state index in [0.29, 0.717) is 5.70 Å². The van der Waals surface area contributed by atoms with Gasteiger partial charge in [0.25, 0.3) is 0 Å². The summed E-state index contributed by atoms with van der Waals surface area (Å²) in [4.78, 5) is 8.32. The molecule has 5 nitrogen and oxygen atoms in total. The van der Waals surface area contributed by atoms with Crippen LogP contribution in [0.5, 0.6) is 5.75 Å². The zero-order valence-electron chi connectivity index (χ0n) is 12.2. The summed E-state index contributed by atoms with van der Waals surface area (Å²) in [5.74, 6) is 6.77. The van der Waals surface area contributed by atoms with E-state index < -0.39 is 0 Å². The summed E-state index contributed by atoms with van der Waals surface area (Å²) in [6, 6.07) is 7.95. The molecule has 0 saturated carbocycles. The minimum atomic E-state index is 0.579. The standard InChI is InChI=1S/C15H20N4OS/c1-4-17-15(9-12(2)18-11-19-16)21-10-13-5-7-14(20-3)8-6-13/h4-9,11H,2,10,16H2,1,3H3,(H,18,19)/b15-9+,17-4?. The molecular weight excluding hydrogens is 284 g/mol. The average molecular weight is 304 g/mol. The van der Waals surface area contributed by atoms with Gasteiger partial charge in [-0.25, -0.2) is 10.8 Å². The van der Waals surface area contributed by atoms with Crippen molar-refractivity contribution in [2.75, 3.05) is 7.11 Å². The smallest absolute Gasteiger partial charge is 0.118 e. The maximum Gasteiger partial charge on any atom is 0.118 e. The molecule has 0 radical (unpaired) electrons. The van der Waals surface area contributed by atoms with E-state index in [4.69, 9.17) is 10.6 Å². The number of hydrogen-bond donors (Lipinski definition) is 2. The molecule has 21 heavy (non-hydrogen) atoms. The fourth-order valence-corrected chi connectivity index (χ4v) is 2.33. The molecule has 6 heteroatoms. The first-order valence-electron chi connectivity index (χ1n) is 6.33. The Morgan fingerprint density at radius 3 is 2.67 bits per heavy atom. The molecule has 0 bridgehead atoms. The molecule has 0 aliphatic heterocycles. The Bertz CT molecular complexity index is 535. The molecule has 3 N–H and O–H groups in total. The maximum atomic E-state index is 5.14. The number of nitrogens with two attached hydrogens (primary N) is 1. The topological polar surface area (TPSA) is 72.0 Å². The first-order chi connectivity index (χ1) is 10.2. The van der Waals surface area contributed by atoms with Crippen molar-refractivity contribution in [2.24, 2.45) is 15.8 Å². The molecule has 0 heterocycles. The van der Waals surface area contributed by atoms with Gasteiger partial charge in [0.05, 0.1) is 17.8 Å². The predicted octanol–water partition coefficient (Wildman–Crippen LogP) is 2.87. The summed E-state index contributed by atoms with van der Waals surface area (Å²) >= 11 is 1.61. The van der Waals surface area contributed by atoms with Crippen molar-refractivity contribution in [3.8, 4) is 5.75 Å². The average Bonchev–Trinajstić information content (AvgIpc) is 2.51. The molecule has 0 unspecified atom stereocenters. The number of hydrazine groups is 1. The van der Waals surface area contributed by atoms with Gasteiger partial charge in [-0.1, -0.05) is 18.7 Å². The molecule has 0 saturated heterocycles. The van der Waals surface area contributed by atoms with Crippen LogP contribution in [-0.4, -0.2) is 19.7 Å².